The molecule has 1 aliphatic rings. The lowest BCUT2D eigenvalue weighted by Crippen LogP contribution is -2.40. The van der Waals surface area contributed by atoms with Crippen molar-refractivity contribution < 1.29 is 27.1 Å². The summed E-state index contributed by atoms with van der Waals surface area (Å²) < 4.78 is 45.0. The van der Waals surface area contributed by atoms with E-state index in [2.05, 4.69) is 5.32 Å². The van der Waals surface area contributed by atoms with Gasteiger partial charge in [0.05, 0.1) is 24.7 Å². The summed E-state index contributed by atoms with van der Waals surface area (Å²) >= 11 is 0. The number of rotatable bonds is 7. The average molecular weight is 462 g/mol. The number of benzene rings is 2. The van der Waals surface area contributed by atoms with E-state index >= 15 is 0 Å². The number of likely N-dealkylation sites (N-methyl/N-ethyl adjacent to an activating group) is 1. The number of nitrogens with one attached hydrogen (secondary N) is 1. The lowest BCUT2D eigenvalue weighted by molar-refractivity contribution is -0.129. The Balaban J connectivity index is 1.55. The first-order chi connectivity index (χ1) is 15.3. The molecule has 1 aliphatic heterocycles. The molecule has 1 saturated heterocycles. The molecule has 0 atom stereocenters. The zero-order valence-corrected chi connectivity index (χ0v) is 18.3. The number of ether oxygens (including phenoxy) is 1. The van der Waals surface area contributed by atoms with Crippen molar-refractivity contribution in [3.63, 3.8) is 0 Å². The van der Waals surface area contributed by atoms with Crippen LogP contribution in [-0.4, -0.2) is 69.3 Å². The fourth-order valence-electron chi connectivity index (χ4n) is 3.04. The van der Waals surface area contributed by atoms with E-state index in [1.807, 2.05) is 0 Å². The molecule has 1 fully saturated rings. The second-order valence-corrected chi connectivity index (χ2v) is 9.11. The molecule has 0 radical (unpaired) electrons. The van der Waals surface area contributed by atoms with Crippen LogP contribution in [0.3, 0.4) is 0 Å². The molecule has 8 nitrogen and oxygen atoms in total. The molecule has 0 aromatic heterocycles. The van der Waals surface area contributed by atoms with E-state index in [4.69, 9.17) is 4.74 Å². The van der Waals surface area contributed by atoms with Gasteiger partial charge in [0, 0.05) is 31.9 Å². The van der Waals surface area contributed by atoms with Gasteiger partial charge in [-0.15, -0.1) is 0 Å². The Labute approximate surface area is 186 Å². The van der Waals surface area contributed by atoms with Gasteiger partial charge in [-0.3, -0.25) is 9.59 Å². The van der Waals surface area contributed by atoms with E-state index in [1.165, 1.54) is 58.7 Å². The molecule has 170 valence electrons. The van der Waals surface area contributed by atoms with Gasteiger partial charge in [0.1, 0.15) is 5.82 Å². The predicted molar refractivity (Wildman–Crippen MR) is 118 cm³/mol. The summed E-state index contributed by atoms with van der Waals surface area (Å²) in [6.45, 7) is 1.16. The first-order valence-corrected chi connectivity index (χ1v) is 11.4. The van der Waals surface area contributed by atoms with E-state index in [1.54, 1.807) is 18.2 Å². The van der Waals surface area contributed by atoms with E-state index < -0.39 is 27.7 Å². The third kappa shape index (κ3) is 6.22. The Morgan fingerprint density at radius 2 is 1.84 bits per heavy atom. The number of anilines is 1. The van der Waals surface area contributed by atoms with Gasteiger partial charge in [-0.2, -0.15) is 4.31 Å². The van der Waals surface area contributed by atoms with Crippen molar-refractivity contribution in [1.29, 1.82) is 0 Å². The van der Waals surface area contributed by atoms with Crippen molar-refractivity contribution in [1.82, 2.24) is 9.21 Å². The van der Waals surface area contributed by atoms with Crippen LogP contribution in [0.4, 0.5) is 10.1 Å². The number of carbonyl (C=O) groups excluding carboxylic acids is 2. The fourth-order valence-corrected chi connectivity index (χ4v) is 4.45. The van der Waals surface area contributed by atoms with Crippen LogP contribution in [0.15, 0.2) is 59.5 Å². The summed E-state index contributed by atoms with van der Waals surface area (Å²) in [7, 11) is -2.11. The molecule has 3 rings (SSSR count). The van der Waals surface area contributed by atoms with Crippen molar-refractivity contribution in [3.05, 3.63) is 66.0 Å². The van der Waals surface area contributed by atoms with Gasteiger partial charge >= 0.3 is 0 Å². The molecule has 0 bridgehead atoms. The highest BCUT2D eigenvalue weighted by Gasteiger charge is 2.26. The predicted octanol–water partition coefficient (Wildman–Crippen LogP) is 1.96. The molecule has 2 aromatic carbocycles. The third-order valence-electron chi connectivity index (χ3n) is 4.77. The van der Waals surface area contributed by atoms with Crippen molar-refractivity contribution in [2.45, 2.75) is 4.90 Å². The van der Waals surface area contributed by atoms with Crippen LogP contribution >= 0.6 is 0 Å². The highest BCUT2D eigenvalue weighted by Crippen LogP contribution is 2.18. The zero-order valence-electron chi connectivity index (χ0n) is 17.5. The van der Waals surface area contributed by atoms with E-state index in [0.29, 0.717) is 37.6 Å². The minimum absolute atomic E-state index is 0.175. The summed E-state index contributed by atoms with van der Waals surface area (Å²) in [4.78, 5) is 25.7. The molecule has 1 heterocycles. The van der Waals surface area contributed by atoms with Gasteiger partial charge in [0.2, 0.25) is 21.8 Å². The second-order valence-electron chi connectivity index (χ2n) is 7.17. The number of sulfonamides is 1. The number of nitrogens with zero attached hydrogens (tertiary/aromatic N) is 2. The minimum Gasteiger partial charge on any atom is -0.379 e. The number of morpholine rings is 1. The van der Waals surface area contributed by atoms with Crippen LogP contribution in [0.25, 0.3) is 6.08 Å². The largest absolute Gasteiger partial charge is 0.379 e. The van der Waals surface area contributed by atoms with Crippen LogP contribution in [0.2, 0.25) is 0 Å². The topological polar surface area (TPSA) is 96.0 Å². The number of hydrogen-bond acceptors (Lipinski definition) is 5. The van der Waals surface area contributed by atoms with Crippen LogP contribution < -0.4 is 5.32 Å². The van der Waals surface area contributed by atoms with E-state index in [9.17, 15) is 22.4 Å². The van der Waals surface area contributed by atoms with Crippen LogP contribution in [0, 0.1) is 5.82 Å². The van der Waals surface area contributed by atoms with E-state index in [-0.39, 0.29) is 11.4 Å². The molecular formula is C22H24FN3O5S. The van der Waals surface area contributed by atoms with Gasteiger partial charge in [0.25, 0.3) is 0 Å². The van der Waals surface area contributed by atoms with Gasteiger partial charge in [0.15, 0.2) is 0 Å². The molecule has 0 saturated carbocycles. The summed E-state index contributed by atoms with van der Waals surface area (Å²) in [6.07, 6.45) is 2.83. The lowest BCUT2D eigenvalue weighted by atomic mass is 10.2. The monoisotopic (exact) mass is 461 g/mol. The summed E-state index contributed by atoms with van der Waals surface area (Å²) in [5, 5.41) is 2.52. The van der Waals surface area contributed by atoms with Crippen molar-refractivity contribution in [2.75, 3.05) is 45.2 Å². The minimum atomic E-state index is -3.58. The van der Waals surface area contributed by atoms with Gasteiger partial charge in [-0.25, -0.2) is 12.8 Å². The molecule has 1 N–H and O–H groups in total. The number of hydrogen-bond donors (Lipinski definition) is 1. The maximum absolute atomic E-state index is 13.2. The Bertz CT molecular complexity index is 1100. The Morgan fingerprint density at radius 3 is 2.50 bits per heavy atom. The Hall–Kier alpha value is -3.08. The third-order valence-corrected chi connectivity index (χ3v) is 6.68. The average Bonchev–Trinajstić information content (AvgIpc) is 2.78. The van der Waals surface area contributed by atoms with Gasteiger partial charge in [-0.05, 0) is 42.0 Å². The highest BCUT2D eigenvalue weighted by atomic mass is 32.2. The quantitative estimate of drug-likeness (QED) is 0.636. The number of halogens is 1. The smallest absolute Gasteiger partial charge is 0.246 e. The zero-order chi connectivity index (χ0) is 23.1. The first kappa shape index (κ1) is 23.6. The molecule has 10 heteroatoms. The number of amides is 2. The van der Waals surface area contributed by atoms with Crippen LogP contribution in [0.1, 0.15) is 5.56 Å². The lowest BCUT2D eigenvalue weighted by Gasteiger charge is -2.26. The van der Waals surface area contributed by atoms with Crippen LogP contribution in [-0.2, 0) is 24.3 Å². The van der Waals surface area contributed by atoms with Crippen molar-refractivity contribution in [3.8, 4) is 0 Å². The maximum atomic E-state index is 13.2. The maximum Gasteiger partial charge on any atom is 0.246 e. The summed E-state index contributed by atoms with van der Waals surface area (Å²) in [5.41, 5.74) is 0.940. The van der Waals surface area contributed by atoms with Gasteiger partial charge in [-0.1, -0.05) is 18.2 Å². The number of carbonyl (C=O) groups is 2. The normalized spacial score (nSPS) is 14.9. The van der Waals surface area contributed by atoms with E-state index in [0.717, 1.165) is 0 Å². The standard InChI is InChI=1S/C22H24FN3O5S/c1-25(16-21(27)24-19-4-2-3-18(23)15-19)22(28)10-7-17-5-8-20(9-6-17)32(29,30)26-11-13-31-14-12-26/h2-10,15H,11-14,16H2,1H3,(H,24,27)/b10-7+. The molecule has 2 aromatic rings. The Morgan fingerprint density at radius 1 is 1.16 bits per heavy atom. The highest BCUT2D eigenvalue weighted by molar-refractivity contribution is 7.89. The Kier molecular flexibility index (Phi) is 7.73. The SMILES string of the molecule is CN(CC(=O)Nc1cccc(F)c1)C(=O)/C=C/c1ccc(S(=O)(=O)N2CCOCC2)cc1. The van der Waals surface area contributed by atoms with Crippen molar-refractivity contribution in [2.24, 2.45) is 0 Å². The van der Waals surface area contributed by atoms with Crippen LogP contribution in [0.5, 0.6) is 0 Å². The van der Waals surface area contributed by atoms with Gasteiger partial charge < -0.3 is 15.0 Å². The molecular weight excluding hydrogens is 437 g/mol. The molecule has 0 aliphatic carbocycles. The molecule has 0 spiro atoms. The second kappa shape index (κ2) is 10.5. The summed E-state index contributed by atoms with van der Waals surface area (Å²) in [5.74, 6) is -1.35. The van der Waals surface area contributed by atoms with Crippen molar-refractivity contribution >= 4 is 33.6 Å². The molecule has 2 amide bonds. The fraction of sp³-hybridized carbons (Fsp3) is 0.273. The first-order valence-electron chi connectivity index (χ1n) is 9.92. The summed E-state index contributed by atoms with van der Waals surface area (Å²) in [6, 6.07) is 11.7. The molecule has 0 unspecified atom stereocenters. The molecule has 32 heavy (non-hydrogen) atoms.